The fraction of sp³-hybridized carbons (Fsp3) is 0.300. The molecule has 2 aromatic carbocycles. The van der Waals surface area contributed by atoms with E-state index in [1.807, 2.05) is 9.80 Å². The minimum atomic E-state index is -0.413. The van der Waals surface area contributed by atoms with Crippen molar-refractivity contribution in [2.24, 2.45) is 0 Å². The van der Waals surface area contributed by atoms with E-state index < -0.39 is 4.92 Å². The van der Waals surface area contributed by atoms with Gasteiger partial charge in [0.2, 0.25) is 0 Å². The number of piperazine rings is 1. The normalized spacial score (nSPS) is 13.5. The Labute approximate surface area is 179 Å². The minimum Gasteiger partial charge on any atom is -0.497 e. The summed E-state index contributed by atoms with van der Waals surface area (Å²) in [6.07, 6.45) is 0. The molecule has 1 fully saturated rings. The Hall–Kier alpha value is -3.40. The number of ether oxygens (including phenoxy) is 2. The molecule has 158 valence electrons. The molecule has 0 atom stereocenters. The van der Waals surface area contributed by atoms with Gasteiger partial charge in [0.05, 0.1) is 25.2 Å². The van der Waals surface area contributed by atoms with Gasteiger partial charge in [-0.05, 0) is 42.5 Å². The summed E-state index contributed by atoms with van der Waals surface area (Å²) in [4.78, 5) is 27.3. The molecule has 0 spiro atoms. The van der Waals surface area contributed by atoms with Gasteiger partial charge in [-0.25, -0.2) is 0 Å². The Balaban J connectivity index is 1.62. The van der Waals surface area contributed by atoms with Crippen molar-refractivity contribution in [3.8, 4) is 11.5 Å². The van der Waals surface area contributed by atoms with Gasteiger partial charge < -0.3 is 19.3 Å². The summed E-state index contributed by atoms with van der Waals surface area (Å²) in [6.45, 7) is 2.12. The average Bonchev–Trinajstić information content (AvgIpc) is 2.78. The highest BCUT2D eigenvalue weighted by molar-refractivity contribution is 7.80. The van der Waals surface area contributed by atoms with Gasteiger partial charge in [0.1, 0.15) is 17.2 Å². The molecule has 1 heterocycles. The average molecular weight is 430 g/mol. The zero-order valence-electron chi connectivity index (χ0n) is 16.7. The van der Waals surface area contributed by atoms with Crippen molar-refractivity contribution in [3.05, 3.63) is 58.1 Å². The lowest BCUT2D eigenvalue weighted by Gasteiger charge is -2.37. The Morgan fingerprint density at radius 1 is 1.07 bits per heavy atom. The molecule has 30 heavy (non-hydrogen) atoms. The predicted molar refractivity (Wildman–Crippen MR) is 116 cm³/mol. The molecule has 10 heteroatoms. The number of carbonyl (C=O) groups is 1. The standard InChI is InChI=1S/C20H22N4O5S/c1-28-15-5-3-4-14(12-15)19(25)21-20(30)23-10-8-22(9-11-23)17-7-6-16(29-2)13-18(17)24(26)27/h3-7,12-13H,8-11H2,1-2H3,(H,21,25,30). The molecule has 0 aliphatic carbocycles. The first kappa shape index (κ1) is 21.3. The summed E-state index contributed by atoms with van der Waals surface area (Å²) in [5.74, 6) is 0.709. The summed E-state index contributed by atoms with van der Waals surface area (Å²) in [6, 6.07) is 11.6. The Morgan fingerprint density at radius 2 is 1.73 bits per heavy atom. The quantitative estimate of drug-likeness (QED) is 0.439. The second-order valence-corrected chi connectivity index (χ2v) is 6.96. The maximum Gasteiger partial charge on any atom is 0.296 e. The molecule has 2 aromatic rings. The molecule has 1 N–H and O–H groups in total. The molecule has 0 radical (unpaired) electrons. The number of nitrogens with zero attached hydrogens (tertiary/aromatic N) is 3. The highest BCUT2D eigenvalue weighted by atomic mass is 32.1. The molecule has 0 saturated carbocycles. The van der Waals surface area contributed by atoms with Crippen LogP contribution in [0.15, 0.2) is 42.5 Å². The van der Waals surface area contributed by atoms with Gasteiger partial charge in [0, 0.05) is 31.7 Å². The summed E-state index contributed by atoms with van der Waals surface area (Å²) in [5.41, 5.74) is 0.979. The van der Waals surface area contributed by atoms with Crippen LogP contribution in [0.4, 0.5) is 11.4 Å². The zero-order chi connectivity index (χ0) is 21.7. The van der Waals surface area contributed by atoms with Crippen LogP contribution in [0.2, 0.25) is 0 Å². The number of nitro benzene ring substituents is 1. The molecule has 0 bridgehead atoms. The zero-order valence-corrected chi connectivity index (χ0v) is 17.5. The number of nitrogens with one attached hydrogen (secondary N) is 1. The van der Waals surface area contributed by atoms with E-state index in [4.69, 9.17) is 21.7 Å². The summed E-state index contributed by atoms with van der Waals surface area (Å²) in [5, 5.41) is 14.5. The van der Waals surface area contributed by atoms with Crippen molar-refractivity contribution >= 4 is 34.6 Å². The first-order valence-corrected chi connectivity index (χ1v) is 9.65. The van der Waals surface area contributed by atoms with Crippen LogP contribution in [-0.2, 0) is 0 Å². The molecule has 3 rings (SSSR count). The number of thiocarbonyl (C=S) groups is 1. The molecule has 0 unspecified atom stereocenters. The number of hydrogen-bond donors (Lipinski definition) is 1. The maximum absolute atomic E-state index is 12.5. The van der Waals surface area contributed by atoms with E-state index in [9.17, 15) is 14.9 Å². The number of methoxy groups -OCH3 is 2. The van der Waals surface area contributed by atoms with Gasteiger partial charge >= 0.3 is 0 Å². The number of amides is 1. The number of anilines is 1. The number of rotatable bonds is 5. The number of carbonyl (C=O) groups excluding carboxylic acids is 1. The van der Waals surface area contributed by atoms with Crippen LogP contribution in [0.1, 0.15) is 10.4 Å². The molecular weight excluding hydrogens is 408 g/mol. The molecule has 1 saturated heterocycles. The number of hydrogen-bond acceptors (Lipinski definition) is 7. The lowest BCUT2D eigenvalue weighted by molar-refractivity contribution is -0.384. The first-order chi connectivity index (χ1) is 14.4. The molecule has 1 aliphatic rings. The topological polar surface area (TPSA) is 97.2 Å². The van der Waals surface area contributed by atoms with Crippen LogP contribution in [0.3, 0.4) is 0 Å². The number of benzene rings is 2. The Bertz CT molecular complexity index is 960. The lowest BCUT2D eigenvalue weighted by Crippen LogP contribution is -2.52. The van der Waals surface area contributed by atoms with Crippen molar-refractivity contribution in [1.29, 1.82) is 0 Å². The summed E-state index contributed by atoms with van der Waals surface area (Å²) < 4.78 is 10.2. The van der Waals surface area contributed by atoms with Gasteiger partial charge in [-0.2, -0.15) is 0 Å². The van der Waals surface area contributed by atoms with Gasteiger partial charge in [0.25, 0.3) is 11.6 Å². The molecule has 9 nitrogen and oxygen atoms in total. The second-order valence-electron chi connectivity index (χ2n) is 6.58. The largest absolute Gasteiger partial charge is 0.497 e. The van der Waals surface area contributed by atoms with E-state index in [1.165, 1.54) is 20.3 Å². The van der Waals surface area contributed by atoms with Crippen molar-refractivity contribution in [3.63, 3.8) is 0 Å². The van der Waals surface area contributed by atoms with Crippen molar-refractivity contribution in [2.45, 2.75) is 0 Å². The van der Waals surface area contributed by atoms with Crippen LogP contribution in [0, 0.1) is 10.1 Å². The molecule has 1 aliphatic heterocycles. The molecule has 1 amide bonds. The van der Waals surface area contributed by atoms with Crippen molar-refractivity contribution < 1.29 is 19.2 Å². The lowest BCUT2D eigenvalue weighted by atomic mass is 10.2. The third-order valence-electron chi connectivity index (χ3n) is 4.84. The van der Waals surface area contributed by atoms with Crippen molar-refractivity contribution in [1.82, 2.24) is 10.2 Å². The summed E-state index contributed by atoms with van der Waals surface area (Å²) >= 11 is 5.39. The van der Waals surface area contributed by atoms with E-state index in [-0.39, 0.29) is 11.6 Å². The highest BCUT2D eigenvalue weighted by Gasteiger charge is 2.26. The van der Waals surface area contributed by atoms with E-state index in [1.54, 1.807) is 36.4 Å². The van der Waals surface area contributed by atoms with Crippen LogP contribution in [-0.4, -0.2) is 61.2 Å². The van der Waals surface area contributed by atoms with Crippen LogP contribution >= 0.6 is 12.2 Å². The Kier molecular flexibility index (Phi) is 6.68. The monoisotopic (exact) mass is 430 g/mol. The first-order valence-electron chi connectivity index (χ1n) is 9.24. The summed E-state index contributed by atoms with van der Waals surface area (Å²) in [7, 11) is 3.01. The van der Waals surface area contributed by atoms with E-state index in [2.05, 4.69) is 5.32 Å². The highest BCUT2D eigenvalue weighted by Crippen LogP contribution is 2.32. The van der Waals surface area contributed by atoms with E-state index >= 15 is 0 Å². The third-order valence-corrected chi connectivity index (χ3v) is 5.20. The second kappa shape index (κ2) is 9.40. The predicted octanol–water partition coefficient (Wildman–Crippen LogP) is 2.45. The van der Waals surface area contributed by atoms with Gasteiger partial charge in [-0.15, -0.1) is 0 Å². The number of nitro groups is 1. The van der Waals surface area contributed by atoms with Gasteiger partial charge in [-0.3, -0.25) is 20.2 Å². The van der Waals surface area contributed by atoms with Crippen LogP contribution in [0.25, 0.3) is 0 Å². The van der Waals surface area contributed by atoms with Gasteiger partial charge in [-0.1, -0.05) is 6.07 Å². The third kappa shape index (κ3) is 4.77. The maximum atomic E-state index is 12.5. The van der Waals surface area contributed by atoms with Gasteiger partial charge in [0.15, 0.2) is 5.11 Å². The van der Waals surface area contributed by atoms with E-state index in [0.29, 0.717) is 54.0 Å². The Morgan fingerprint density at radius 3 is 2.37 bits per heavy atom. The fourth-order valence-electron chi connectivity index (χ4n) is 3.21. The molecular formula is C20H22N4O5S. The minimum absolute atomic E-state index is 0.00305. The van der Waals surface area contributed by atoms with E-state index in [0.717, 1.165) is 0 Å². The van der Waals surface area contributed by atoms with Crippen molar-refractivity contribution in [2.75, 3.05) is 45.3 Å². The smallest absolute Gasteiger partial charge is 0.296 e. The molecule has 0 aromatic heterocycles. The van der Waals surface area contributed by atoms with Crippen LogP contribution in [0.5, 0.6) is 11.5 Å². The fourth-order valence-corrected chi connectivity index (χ4v) is 3.48. The SMILES string of the molecule is COc1cccc(C(=O)NC(=S)N2CCN(c3ccc(OC)cc3[N+](=O)[O-])CC2)c1. The van der Waals surface area contributed by atoms with Crippen LogP contribution < -0.4 is 19.7 Å².